The molecule has 2 aliphatic heterocycles. The van der Waals surface area contributed by atoms with Crippen LogP contribution >= 0.6 is 23.2 Å². The van der Waals surface area contributed by atoms with Crippen LogP contribution in [0.15, 0.2) is 12.3 Å². The van der Waals surface area contributed by atoms with Crippen molar-refractivity contribution in [3.63, 3.8) is 0 Å². The molecule has 0 saturated carbocycles. The van der Waals surface area contributed by atoms with Gasteiger partial charge >= 0.3 is 0 Å². The van der Waals surface area contributed by atoms with Crippen LogP contribution in [0.5, 0.6) is 0 Å². The molecule has 5 heteroatoms. The maximum atomic E-state index is 6.18. The molecule has 0 bridgehead atoms. The molecule has 1 atom stereocenters. The molecule has 0 unspecified atom stereocenters. The molecule has 2 fully saturated rings. The molecular formula is C12H14Cl2N2O. The number of aromatic nitrogens is 1. The second-order valence-electron chi connectivity index (χ2n) is 4.93. The molecule has 1 spiro atoms. The lowest BCUT2D eigenvalue weighted by Crippen LogP contribution is -2.28. The van der Waals surface area contributed by atoms with Crippen molar-refractivity contribution in [2.24, 2.45) is 5.41 Å². The summed E-state index contributed by atoms with van der Waals surface area (Å²) in [6.07, 6.45) is 3.96. The molecule has 0 radical (unpaired) electrons. The maximum Gasteiger partial charge on any atom is 0.147 e. The van der Waals surface area contributed by atoms with E-state index in [0.29, 0.717) is 15.5 Å². The minimum Gasteiger partial charge on any atom is -0.381 e. The second kappa shape index (κ2) is 4.30. The lowest BCUT2D eigenvalue weighted by Gasteiger charge is -2.23. The van der Waals surface area contributed by atoms with Gasteiger partial charge in [-0.2, -0.15) is 0 Å². The van der Waals surface area contributed by atoms with Crippen LogP contribution in [-0.4, -0.2) is 31.3 Å². The molecule has 92 valence electrons. The zero-order valence-corrected chi connectivity index (χ0v) is 11.0. The van der Waals surface area contributed by atoms with Gasteiger partial charge in [0, 0.05) is 31.3 Å². The van der Waals surface area contributed by atoms with Crippen molar-refractivity contribution >= 4 is 29.0 Å². The normalized spacial score (nSPS) is 28.2. The van der Waals surface area contributed by atoms with Crippen LogP contribution in [0.1, 0.15) is 12.8 Å². The molecule has 2 aliphatic rings. The van der Waals surface area contributed by atoms with Crippen molar-refractivity contribution in [1.82, 2.24) is 4.98 Å². The highest BCUT2D eigenvalue weighted by Gasteiger charge is 2.42. The smallest absolute Gasteiger partial charge is 0.147 e. The van der Waals surface area contributed by atoms with E-state index in [-0.39, 0.29) is 0 Å². The van der Waals surface area contributed by atoms with Gasteiger partial charge in [0.15, 0.2) is 0 Å². The maximum absolute atomic E-state index is 6.18. The van der Waals surface area contributed by atoms with Gasteiger partial charge in [0.25, 0.3) is 0 Å². The Morgan fingerprint density at radius 1 is 1.35 bits per heavy atom. The van der Waals surface area contributed by atoms with E-state index in [4.69, 9.17) is 27.9 Å². The van der Waals surface area contributed by atoms with Crippen molar-refractivity contribution in [2.75, 3.05) is 31.2 Å². The van der Waals surface area contributed by atoms with Crippen LogP contribution in [0.25, 0.3) is 0 Å². The highest BCUT2D eigenvalue weighted by molar-refractivity contribution is 6.36. The summed E-state index contributed by atoms with van der Waals surface area (Å²) in [5, 5.41) is 1.21. The Kier molecular flexibility index (Phi) is 2.93. The van der Waals surface area contributed by atoms with Crippen molar-refractivity contribution in [1.29, 1.82) is 0 Å². The van der Waals surface area contributed by atoms with Crippen molar-refractivity contribution < 1.29 is 4.74 Å². The monoisotopic (exact) mass is 272 g/mol. The molecule has 3 nitrogen and oxygen atoms in total. The summed E-state index contributed by atoms with van der Waals surface area (Å²) >= 11 is 12.0. The van der Waals surface area contributed by atoms with E-state index in [1.54, 1.807) is 12.3 Å². The Bertz CT molecular complexity index is 433. The highest BCUT2D eigenvalue weighted by Crippen LogP contribution is 2.41. The van der Waals surface area contributed by atoms with Crippen molar-refractivity contribution in [3.8, 4) is 0 Å². The van der Waals surface area contributed by atoms with E-state index < -0.39 is 0 Å². The van der Waals surface area contributed by atoms with Crippen LogP contribution < -0.4 is 4.90 Å². The lowest BCUT2D eigenvalue weighted by atomic mass is 9.87. The summed E-state index contributed by atoms with van der Waals surface area (Å²) in [4.78, 5) is 6.58. The van der Waals surface area contributed by atoms with Gasteiger partial charge in [-0.05, 0) is 18.9 Å². The predicted molar refractivity (Wildman–Crippen MR) is 69.0 cm³/mol. The quantitative estimate of drug-likeness (QED) is 0.786. The Hall–Kier alpha value is -0.510. The number of hydrogen-bond donors (Lipinski definition) is 0. The highest BCUT2D eigenvalue weighted by atomic mass is 35.5. The molecule has 1 aromatic heterocycles. The van der Waals surface area contributed by atoms with Crippen molar-refractivity contribution in [2.45, 2.75) is 12.8 Å². The van der Waals surface area contributed by atoms with Crippen LogP contribution in [0.2, 0.25) is 10.0 Å². The molecular weight excluding hydrogens is 259 g/mol. The zero-order chi connectivity index (χ0) is 11.9. The third kappa shape index (κ3) is 2.12. The van der Waals surface area contributed by atoms with Crippen molar-refractivity contribution in [3.05, 3.63) is 22.3 Å². The van der Waals surface area contributed by atoms with E-state index in [1.807, 2.05) is 0 Å². The molecule has 17 heavy (non-hydrogen) atoms. The number of hydrogen-bond acceptors (Lipinski definition) is 3. The minimum atomic E-state index is 0.324. The second-order valence-corrected chi connectivity index (χ2v) is 5.78. The number of ether oxygens (including phenoxy) is 1. The number of anilines is 1. The SMILES string of the molecule is Clc1cnc(N2CC[C@@]3(CCOC3)C2)c(Cl)c1. The van der Waals surface area contributed by atoms with Gasteiger partial charge in [0.05, 0.1) is 16.7 Å². The summed E-state index contributed by atoms with van der Waals surface area (Å²) in [5.74, 6) is 0.847. The summed E-state index contributed by atoms with van der Waals surface area (Å²) in [7, 11) is 0. The predicted octanol–water partition coefficient (Wildman–Crippen LogP) is 3.01. The van der Waals surface area contributed by atoms with Gasteiger partial charge in [-0.25, -0.2) is 4.98 Å². The third-order valence-electron chi connectivity index (χ3n) is 3.71. The number of pyridine rings is 1. The zero-order valence-electron chi connectivity index (χ0n) is 9.46. The first-order valence-corrected chi connectivity index (χ1v) is 6.58. The Labute approximate surface area is 111 Å². The summed E-state index contributed by atoms with van der Waals surface area (Å²) in [6.45, 7) is 3.74. The number of nitrogens with zero attached hydrogens (tertiary/aromatic N) is 2. The minimum absolute atomic E-state index is 0.324. The molecule has 3 heterocycles. The fourth-order valence-corrected chi connectivity index (χ4v) is 3.23. The molecule has 0 amide bonds. The van der Waals surface area contributed by atoms with Gasteiger partial charge in [0.2, 0.25) is 0 Å². The standard InChI is InChI=1S/C12H14Cl2N2O/c13-9-5-10(14)11(15-6-9)16-3-1-12(7-16)2-4-17-8-12/h5-6H,1-4,7-8H2/t12-/m1/s1. The molecule has 0 aromatic carbocycles. The van der Waals surface area contributed by atoms with Gasteiger partial charge in [-0.1, -0.05) is 23.2 Å². The molecule has 3 rings (SSSR count). The number of halogens is 2. The van der Waals surface area contributed by atoms with Gasteiger partial charge < -0.3 is 9.64 Å². The fraction of sp³-hybridized carbons (Fsp3) is 0.583. The third-order valence-corrected chi connectivity index (χ3v) is 4.20. The van der Waals surface area contributed by atoms with Gasteiger partial charge in [-0.15, -0.1) is 0 Å². The topological polar surface area (TPSA) is 25.4 Å². The fourth-order valence-electron chi connectivity index (χ4n) is 2.73. The molecule has 0 N–H and O–H groups in total. The first kappa shape index (κ1) is 11.6. The van der Waals surface area contributed by atoms with Crippen LogP contribution in [0, 0.1) is 5.41 Å². The van der Waals surface area contributed by atoms with E-state index in [9.17, 15) is 0 Å². The average Bonchev–Trinajstić information content (AvgIpc) is 2.90. The largest absolute Gasteiger partial charge is 0.381 e. The Morgan fingerprint density at radius 2 is 2.24 bits per heavy atom. The summed E-state index contributed by atoms with van der Waals surface area (Å²) < 4.78 is 5.51. The van der Waals surface area contributed by atoms with E-state index in [0.717, 1.165) is 45.0 Å². The average molecular weight is 273 g/mol. The van der Waals surface area contributed by atoms with E-state index >= 15 is 0 Å². The van der Waals surface area contributed by atoms with Gasteiger partial charge in [-0.3, -0.25) is 0 Å². The Morgan fingerprint density at radius 3 is 2.94 bits per heavy atom. The van der Waals surface area contributed by atoms with E-state index in [1.165, 1.54) is 0 Å². The summed E-state index contributed by atoms with van der Waals surface area (Å²) in [6, 6.07) is 1.75. The van der Waals surface area contributed by atoms with Crippen LogP contribution in [0.3, 0.4) is 0 Å². The number of rotatable bonds is 1. The molecule has 1 aromatic rings. The van der Waals surface area contributed by atoms with Crippen LogP contribution in [-0.2, 0) is 4.74 Å². The summed E-state index contributed by atoms with van der Waals surface area (Å²) in [5.41, 5.74) is 0.324. The molecule has 0 aliphatic carbocycles. The lowest BCUT2D eigenvalue weighted by molar-refractivity contribution is 0.160. The first-order valence-electron chi connectivity index (χ1n) is 5.82. The van der Waals surface area contributed by atoms with E-state index in [2.05, 4.69) is 9.88 Å². The van der Waals surface area contributed by atoms with Crippen LogP contribution in [0.4, 0.5) is 5.82 Å². The van der Waals surface area contributed by atoms with Gasteiger partial charge in [0.1, 0.15) is 5.82 Å². The molecule has 2 saturated heterocycles. The first-order chi connectivity index (χ1) is 8.19. The Balaban J connectivity index is 1.82.